The van der Waals surface area contributed by atoms with Crippen LogP contribution in [0.1, 0.15) is 54.2 Å². The predicted molar refractivity (Wildman–Crippen MR) is 68.1 cm³/mol. The van der Waals surface area contributed by atoms with Crippen LogP contribution in [0.2, 0.25) is 0 Å². The lowest BCUT2D eigenvalue weighted by molar-refractivity contribution is 0.0347. The van der Waals surface area contributed by atoms with E-state index < -0.39 is 0 Å². The van der Waals surface area contributed by atoms with Crippen LogP contribution in [-0.4, -0.2) is 17.7 Å². The minimum Gasteiger partial charge on any atom is -0.508 e. The highest BCUT2D eigenvalue weighted by molar-refractivity contribution is 5.96. The molecule has 1 heterocycles. The van der Waals surface area contributed by atoms with Gasteiger partial charge in [0.1, 0.15) is 12.4 Å². The summed E-state index contributed by atoms with van der Waals surface area (Å²) in [5, 5.41) is 10.3. The number of benzene rings is 1. The first-order valence-electron chi connectivity index (χ1n) is 6.31. The van der Waals surface area contributed by atoms with Crippen molar-refractivity contribution in [1.82, 2.24) is 0 Å². The minimum absolute atomic E-state index is 0.120. The van der Waals surface area contributed by atoms with Gasteiger partial charge in [0.05, 0.1) is 5.56 Å². The second-order valence-electron chi connectivity index (χ2n) is 6.54. The molecular weight excluding hydrogens is 228 g/mol. The average molecular weight is 246 g/mol. The topological polar surface area (TPSA) is 46.5 Å². The Morgan fingerprint density at radius 1 is 1.28 bits per heavy atom. The fourth-order valence-corrected chi connectivity index (χ4v) is 3.92. The number of hydrogen-bond acceptors (Lipinski definition) is 3. The summed E-state index contributed by atoms with van der Waals surface area (Å²) in [6.07, 6.45) is 0.895. The van der Waals surface area contributed by atoms with E-state index in [9.17, 15) is 9.90 Å². The number of esters is 1. The highest BCUT2D eigenvalue weighted by atomic mass is 16.5. The fraction of sp³-hybridized carbons (Fsp3) is 0.533. The van der Waals surface area contributed by atoms with Crippen molar-refractivity contribution in [2.24, 2.45) is 0 Å². The Morgan fingerprint density at radius 2 is 1.94 bits per heavy atom. The number of rotatable bonds is 0. The monoisotopic (exact) mass is 246 g/mol. The molecule has 96 valence electrons. The molecule has 0 aromatic heterocycles. The molecule has 3 heteroatoms. The van der Waals surface area contributed by atoms with E-state index in [0.29, 0.717) is 17.9 Å². The van der Waals surface area contributed by atoms with E-state index in [1.54, 1.807) is 6.07 Å². The summed E-state index contributed by atoms with van der Waals surface area (Å²) >= 11 is 0. The Labute approximate surface area is 107 Å². The first-order valence-corrected chi connectivity index (χ1v) is 6.31. The highest BCUT2D eigenvalue weighted by Gasteiger charge is 2.52. The molecule has 0 radical (unpaired) electrons. The Balaban J connectivity index is 2.45. The van der Waals surface area contributed by atoms with Crippen LogP contribution in [0.25, 0.3) is 0 Å². The molecule has 1 unspecified atom stereocenters. The Kier molecular flexibility index (Phi) is 1.98. The lowest BCUT2D eigenvalue weighted by atomic mass is 9.78. The maximum Gasteiger partial charge on any atom is 0.338 e. The molecule has 2 aliphatic rings. The SMILES string of the molecule is Cc1cc(O)c2c3c1C(=O)OCC3(C)CC2(C)C. The lowest BCUT2D eigenvalue weighted by Crippen LogP contribution is -2.35. The third-order valence-electron chi connectivity index (χ3n) is 4.34. The van der Waals surface area contributed by atoms with E-state index >= 15 is 0 Å². The zero-order valence-electron chi connectivity index (χ0n) is 11.3. The van der Waals surface area contributed by atoms with Crippen LogP contribution < -0.4 is 0 Å². The molecule has 0 bridgehead atoms. The first kappa shape index (κ1) is 11.6. The number of ether oxygens (including phenoxy) is 1. The number of hydrogen-bond donors (Lipinski definition) is 1. The Bertz CT molecular complexity index is 572. The number of aryl methyl sites for hydroxylation is 1. The van der Waals surface area contributed by atoms with Crippen LogP contribution in [-0.2, 0) is 15.6 Å². The van der Waals surface area contributed by atoms with E-state index in [1.807, 2.05) is 6.92 Å². The molecule has 1 aliphatic heterocycles. The van der Waals surface area contributed by atoms with Gasteiger partial charge in [-0.15, -0.1) is 0 Å². The number of aromatic hydroxyl groups is 1. The minimum atomic E-state index is -0.251. The van der Waals surface area contributed by atoms with Gasteiger partial charge in [0.25, 0.3) is 0 Å². The fourth-order valence-electron chi connectivity index (χ4n) is 3.92. The molecule has 3 nitrogen and oxygen atoms in total. The van der Waals surface area contributed by atoms with Crippen molar-refractivity contribution in [1.29, 1.82) is 0 Å². The van der Waals surface area contributed by atoms with Crippen molar-refractivity contribution in [2.75, 3.05) is 6.61 Å². The third kappa shape index (κ3) is 1.22. The molecule has 1 aliphatic carbocycles. The molecule has 0 spiro atoms. The van der Waals surface area contributed by atoms with Crippen molar-refractivity contribution in [3.8, 4) is 5.75 Å². The number of carbonyl (C=O) groups is 1. The predicted octanol–water partition coefficient (Wildman–Crippen LogP) is 2.81. The van der Waals surface area contributed by atoms with Crippen molar-refractivity contribution in [3.63, 3.8) is 0 Å². The molecule has 1 atom stereocenters. The highest BCUT2D eigenvalue weighted by Crippen LogP contribution is 2.56. The van der Waals surface area contributed by atoms with Crippen LogP contribution in [0.3, 0.4) is 0 Å². The van der Waals surface area contributed by atoms with Crippen molar-refractivity contribution in [2.45, 2.75) is 44.9 Å². The molecule has 0 saturated carbocycles. The zero-order chi connectivity index (χ0) is 13.3. The van der Waals surface area contributed by atoms with Gasteiger partial charge in [0.15, 0.2) is 0 Å². The van der Waals surface area contributed by atoms with Crippen molar-refractivity contribution in [3.05, 3.63) is 28.3 Å². The summed E-state index contributed by atoms with van der Waals surface area (Å²) < 4.78 is 5.34. The van der Waals surface area contributed by atoms with Gasteiger partial charge in [-0.05, 0) is 36.0 Å². The second kappa shape index (κ2) is 3.08. The Hall–Kier alpha value is -1.51. The number of carbonyl (C=O) groups excluding carboxylic acids is 1. The van der Waals surface area contributed by atoms with Gasteiger partial charge in [-0.3, -0.25) is 0 Å². The average Bonchev–Trinajstić information content (AvgIpc) is 2.43. The quantitative estimate of drug-likeness (QED) is 0.716. The van der Waals surface area contributed by atoms with Gasteiger partial charge >= 0.3 is 5.97 Å². The molecule has 18 heavy (non-hydrogen) atoms. The summed E-state index contributed by atoms with van der Waals surface area (Å²) in [5.41, 5.74) is 3.14. The van der Waals surface area contributed by atoms with Crippen LogP contribution in [0.15, 0.2) is 6.07 Å². The molecule has 0 saturated heterocycles. The number of cyclic esters (lactones) is 1. The summed E-state index contributed by atoms with van der Waals surface area (Å²) in [7, 11) is 0. The zero-order valence-corrected chi connectivity index (χ0v) is 11.3. The number of phenolic OH excluding ortho intramolecular Hbond substituents is 1. The Morgan fingerprint density at radius 3 is 2.61 bits per heavy atom. The largest absolute Gasteiger partial charge is 0.508 e. The van der Waals surface area contributed by atoms with Crippen LogP contribution in [0.5, 0.6) is 5.75 Å². The summed E-state index contributed by atoms with van der Waals surface area (Å²) in [6, 6.07) is 1.69. The molecule has 1 N–H and O–H groups in total. The summed E-state index contributed by atoms with van der Waals surface area (Å²) in [4.78, 5) is 12.0. The van der Waals surface area contributed by atoms with Crippen LogP contribution in [0, 0.1) is 6.92 Å². The molecule has 3 rings (SSSR count). The summed E-state index contributed by atoms with van der Waals surface area (Å²) in [5.74, 6) is 0.0635. The molecule has 0 amide bonds. The second-order valence-corrected chi connectivity index (χ2v) is 6.54. The van der Waals surface area contributed by atoms with E-state index in [-0.39, 0.29) is 16.8 Å². The van der Waals surface area contributed by atoms with Crippen LogP contribution in [0.4, 0.5) is 0 Å². The van der Waals surface area contributed by atoms with E-state index in [0.717, 1.165) is 23.1 Å². The third-order valence-corrected chi connectivity index (χ3v) is 4.34. The van der Waals surface area contributed by atoms with Gasteiger partial charge in [0, 0.05) is 11.0 Å². The standard InChI is InChI=1S/C15H18O3/c1-8-5-9(16)11-12-10(8)13(17)18-7-15(12,4)6-14(11,2)3/h5,16H,6-7H2,1-4H3. The smallest absolute Gasteiger partial charge is 0.338 e. The van der Waals surface area contributed by atoms with E-state index in [2.05, 4.69) is 20.8 Å². The molecule has 1 aromatic carbocycles. The van der Waals surface area contributed by atoms with Crippen molar-refractivity contribution < 1.29 is 14.6 Å². The van der Waals surface area contributed by atoms with E-state index in [4.69, 9.17) is 4.74 Å². The van der Waals surface area contributed by atoms with Gasteiger partial charge in [-0.25, -0.2) is 4.79 Å². The van der Waals surface area contributed by atoms with Gasteiger partial charge in [-0.2, -0.15) is 0 Å². The van der Waals surface area contributed by atoms with Gasteiger partial charge < -0.3 is 9.84 Å². The number of phenols is 1. The van der Waals surface area contributed by atoms with Crippen molar-refractivity contribution >= 4 is 5.97 Å². The van der Waals surface area contributed by atoms with Crippen LogP contribution >= 0.6 is 0 Å². The van der Waals surface area contributed by atoms with E-state index in [1.165, 1.54) is 0 Å². The first-order chi connectivity index (χ1) is 8.26. The molecule has 1 aromatic rings. The maximum absolute atomic E-state index is 12.0. The lowest BCUT2D eigenvalue weighted by Gasteiger charge is -2.32. The molecule has 0 fully saturated rings. The maximum atomic E-state index is 12.0. The normalized spacial score (nSPS) is 27.9. The van der Waals surface area contributed by atoms with Gasteiger partial charge in [0.2, 0.25) is 0 Å². The molecular formula is C15H18O3. The summed E-state index contributed by atoms with van der Waals surface area (Å²) in [6.45, 7) is 8.62. The van der Waals surface area contributed by atoms with Gasteiger partial charge in [-0.1, -0.05) is 20.8 Å².